The van der Waals surface area contributed by atoms with Crippen LogP contribution in [0.5, 0.6) is 11.5 Å². The highest BCUT2D eigenvalue weighted by Gasteiger charge is 2.66. The topological polar surface area (TPSA) is 96.9 Å². The van der Waals surface area contributed by atoms with Crippen LogP contribution in [0.1, 0.15) is 35.1 Å². The van der Waals surface area contributed by atoms with Gasteiger partial charge in [-0.05, 0) is 43.0 Å². The summed E-state index contributed by atoms with van der Waals surface area (Å²) in [4.78, 5) is 25.2. The molecule has 3 N–H and O–H groups in total. The highest BCUT2D eigenvalue weighted by molar-refractivity contribution is 7.12. The van der Waals surface area contributed by atoms with Crippen molar-refractivity contribution in [3.63, 3.8) is 0 Å². The summed E-state index contributed by atoms with van der Waals surface area (Å²) < 4.78 is 52.7. The number of nitrogens with one attached hydrogen (secondary N) is 2. The molecule has 2 heterocycles. The van der Waals surface area contributed by atoms with Crippen molar-refractivity contribution in [2.24, 2.45) is 5.92 Å². The Morgan fingerprint density at radius 3 is 2.45 bits per heavy atom. The molecular weight excluding hydrogens is 437 g/mol. The van der Waals surface area contributed by atoms with E-state index in [9.17, 15) is 27.9 Å². The molecule has 2 amide bonds. The number of aliphatic hydroxyl groups is 1. The van der Waals surface area contributed by atoms with Gasteiger partial charge in [0.2, 0.25) is 5.72 Å². The van der Waals surface area contributed by atoms with E-state index >= 15 is 0 Å². The van der Waals surface area contributed by atoms with Crippen molar-refractivity contribution in [2.45, 2.75) is 31.8 Å². The van der Waals surface area contributed by atoms with Crippen LogP contribution in [0.3, 0.4) is 0 Å². The fourth-order valence-corrected chi connectivity index (χ4v) is 4.15. The quantitative estimate of drug-likeness (QED) is 0.551. The molecule has 7 nitrogen and oxygen atoms in total. The molecule has 168 valence electrons. The maximum atomic E-state index is 13.9. The van der Waals surface area contributed by atoms with Crippen molar-refractivity contribution < 1.29 is 37.3 Å². The third kappa shape index (κ3) is 4.33. The first-order valence-electron chi connectivity index (χ1n) is 9.47. The summed E-state index contributed by atoms with van der Waals surface area (Å²) >= 11 is 0.941. The van der Waals surface area contributed by atoms with Crippen LogP contribution in [0.15, 0.2) is 35.7 Å². The number of hydrogen-bond acceptors (Lipinski definition) is 6. The van der Waals surface area contributed by atoms with Crippen molar-refractivity contribution in [1.29, 1.82) is 0 Å². The van der Waals surface area contributed by atoms with Gasteiger partial charge in [0.25, 0.3) is 0 Å². The summed E-state index contributed by atoms with van der Waals surface area (Å²) in [7, 11) is 0. The second-order valence-electron chi connectivity index (χ2n) is 6.73. The number of thiophene rings is 1. The monoisotopic (exact) mass is 458 g/mol. The van der Waals surface area contributed by atoms with Gasteiger partial charge in [-0.2, -0.15) is 13.2 Å². The van der Waals surface area contributed by atoms with Crippen LogP contribution in [0.2, 0.25) is 0 Å². The van der Waals surface area contributed by atoms with Crippen LogP contribution in [-0.2, 0) is 0 Å². The Kier molecular flexibility index (Phi) is 6.46. The lowest BCUT2D eigenvalue weighted by Crippen LogP contribution is -2.72. The smallest absolute Gasteiger partial charge is 0.437 e. The number of Topliss-reactive ketones (excluding diaryl/α,β-unsaturated/α-hetero) is 1. The lowest BCUT2D eigenvalue weighted by atomic mass is 9.78. The molecular formula is C20H21F3N2O5S. The molecule has 1 aliphatic heterocycles. The molecule has 11 heteroatoms. The Morgan fingerprint density at radius 2 is 1.87 bits per heavy atom. The average Bonchev–Trinajstić information content (AvgIpc) is 3.23. The first-order chi connectivity index (χ1) is 14.6. The Bertz CT molecular complexity index is 951. The summed E-state index contributed by atoms with van der Waals surface area (Å²) in [5.74, 6) is -2.44. The van der Waals surface area contributed by atoms with Gasteiger partial charge in [0.1, 0.15) is 5.92 Å². The van der Waals surface area contributed by atoms with Crippen molar-refractivity contribution in [1.82, 2.24) is 10.6 Å². The lowest BCUT2D eigenvalue weighted by Gasteiger charge is -2.44. The number of amides is 2. The second kappa shape index (κ2) is 8.75. The Balaban J connectivity index is 2.14. The number of urea groups is 1. The molecule has 2 aromatic rings. The molecule has 1 aromatic carbocycles. The minimum Gasteiger partial charge on any atom is -0.490 e. The molecule has 0 aliphatic carbocycles. The largest absolute Gasteiger partial charge is 0.490 e. The van der Waals surface area contributed by atoms with Gasteiger partial charge >= 0.3 is 12.2 Å². The molecule has 31 heavy (non-hydrogen) atoms. The highest BCUT2D eigenvalue weighted by Crippen LogP contribution is 2.45. The first kappa shape index (κ1) is 22.9. The van der Waals surface area contributed by atoms with E-state index in [4.69, 9.17) is 9.47 Å². The standard InChI is InChI=1S/C20H21F3N2O5S/c1-3-29-12-8-7-11(10-13(12)30-4-2)16-15(17(26)14-6-5-9-31-14)19(28,20(21,22)23)25-18(27)24-16/h5-10,15-16,28H,3-4H2,1-2H3,(H2,24,25,27)/t15-,16+,19-/m1/s1. The maximum Gasteiger partial charge on any atom is 0.437 e. The maximum absolute atomic E-state index is 13.9. The van der Waals surface area contributed by atoms with Gasteiger partial charge in [-0.1, -0.05) is 12.1 Å². The summed E-state index contributed by atoms with van der Waals surface area (Å²) in [6.07, 6.45) is -5.31. The van der Waals surface area contributed by atoms with Crippen molar-refractivity contribution in [3.8, 4) is 11.5 Å². The first-order valence-corrected chi connectivity index (χ1v) is 10.3. The average molecular weight is 458 g/mol. The van der Waals surface area contributed by atoms with E-state index in [-0.39, 0.29) is 22.8 Å². The van der Waals surface area contributed by atoms with Gasteiger partial charge in [-0.3, -0.25) is 4.79 Å². The number of carbonyl (C=O) groups excluding carboxylic acids is 2. The molecule has 0 unspecified atom stereocenters. The van der Waals surface area contributed by atoms with Gasteiger partial charge in [0.15, 0.2) is 17.3 Å². The molecule has 1 aliphatic rings. The van der Waals surface area contributed by atoms with E-state index in [2.05, 4.69) is 5.32 Å². The van der Waals surface area contributed by atoms with Gasteiger partial charge in [0, 0.05) is 0 Å². The van der Waals surface area contributed by atoms with Crippen LogP contribution in [0.25, 0.3) is 0 Å². The minimum atomic E-state index is -5.31. The predicted octanol–water partition coefficient (Wildman–Crippen LogP) is 3.65. The summed E-state index contributed by atoms with van der Waals surface area (Å²) in [6.45, 7) is 4.07. The van der Waals surface area contributed by atoms with E-state index in [1.807, 2.05) is 0 Å². The van der Waals surface area contributed by atoms with Crippen molar-refractivity contribution >= 4 is 23.2 Å². The number of carbonyl (C=O) groups is 2. The zero-order valence-electron chi connectivity index (χ0n) is 16.7. The third-order valence-electron chi connectivity index (χ3n) is 4.78. The SMILES string of the molecule is CCOc1ccc([C@@H]2NC(=O)N[C@](O)(C(F)(F)F)[C@H]2C(=O)c2cccs2)cc1OCC. The minimum absolute atomic E-state index is 0.0200. The summed E-state index contributed by atoms with van der Waals surface area (Å²) in [5, 5.41) is 16.0. The molecule has 0 spiro atoms. The van der Waals surface area contributed by atoms with E-state index in [0.717, 1.165) is 11.3 Å². The highest BCUT2D eigenvalue weighted by atomic mass is 32.1. The van der Waals surface area contributed by atoms with Crippen molar-refractivity contribution in [2.75, 3.05) is 13.2 Å². The number of halogens is 3. The molecule has 0 radical (unpaired) electrons. The van der Waals surface area contributed by atoms with Gasteiger partial charge in [-0.15, -0.1) is 11.3 Å². The number of ether oxygens (including phenoxy) is 2. The van der Waals surface area contributed by atoms with E-state index in [0.29, 0.717) is 12.4 Å². The van der Waals surface area contributed by atoms with E-state index < -0.39 is 35.7 Å². The number of hydrogen-bond donors (Lipinski definition) is 3. The van der Waals surface area contributed by atoms with E-state index in [1.54, 1.807) is 13.8 Å². The van der Waals surface area contributed by atoms with E-state index in [1.165, 1.54) is 41.0 Å². The Hall–Kier alpha value is -2.79. The fourth-order valence-electron chi connectivity index (χ4n) is 3.45. The molecule has 3 atom stereocenters. The normalized spacial score (nSPS) is 23.6. The second-order valence-corrected chi connectivity index (χ2v) is 7.68. The molecule has 1 saturated heterocycles. The van der Waals surface area contributed by atoms with Crippen LogP contribution < -0.4 is 20.1 Å². The Morgan fingerprint density at radius 1 is 1.19 bits per heavy atom. The van der Waals surface area contributed by atoms with Gasteiger partial charge in [-0.25, -0.2) is 4.79 Å². The number of rotatable bonds is 7. The van der Waals surface area contributed by atoms with Crippen molar-refractivity contribution in [3.05, 3.63) is 46.2 Å². The molecule has 0 saturated carbocycles. The zero-order chi connectivity index (χ0) is 22.8. The molecule has 3 rings (SSSR count). The van der Waals surface area contributed by atoms with Crippen LogP contribution >= 0.6 is 11.3 Å². The fraction of sp³-hybridized carbons (Fsp3) is 0.400. The number of ketones is 1. The van der Waals surface area contributed by atoms with Crippen LogP contribution in [0, 0.1) is 5.92 Å². The van der Waals surface area contributed by atoms with Crippen LogP contribution in [0.4, 0.5) is 18.0 Å². The lowest BCUT2D eigenvalue weighted by molar-refractivity contribution is -0.287. The van der Waals surface area contributed by atoms with Gasteiger partial charge < -0.3 is 25.2 Å². The predicted molar refractivity (Wildman–Crippen MR) is 106 cm³/mol. The summed E-state index contributed by atoms with van der Waals surface area (Å²) in [6, 6.07) is 4.44. The number of alkyl halides is 3. The molecule has 1 fully saturated rings. The van der Waals surface area contributed by atoms with Crippen LogP contribution in [-0.4, -0.2) is 42.0 Å². The zero-order valence-corrected chi connectivity index (χ0v) is 17.5. The molecule has 0 bridgehead atoms. The van der Waals surface area contributed by atoms with Gasteiger partial charge in [0.05, 0.1) is 24.1 Å². The Labute approximate surface area is 180 Å². The molecule has 1 aromatic heterocycles. The third-order valence-corrected chi connectivity index (χ3v) is 5.66. The number of benzene rings is 1. The summed E-state index contributed by atoms with van der Waals surface area (Å²) in [5.41, 5.74) is -3.62.